The summed E-state index contributed by atoms with van der Waals surface area (Å²) in [6, 6.07) is 17.1. The van der Waals surface area contributed by atoms with Crippen molar-refractivity contribution in [3.05, 3.63) is 82.3 Å². The summed E-state index contributed by atoms with van der Waals surface area (Å²) in [6.07, 6.45) is 0.758. The number of nitrogens with one attached hydrogen (secondary N) is 1. The fourth-order valence-electron chi connectivity index (χ4n) is 2.84. The molecule has 8 heteroatoms. The Morgan fingerprint density at radius 1 is 0.966 bits per heavy atom. The predicted molar refractivity (Wildman–Crippen MR) is 106 cm³/mol. The molecule has 1 heterocycles. The summed E-state index contributed by atoms with van der Waals surface area (Å²) in [7, 11) is 0. The predicted octanol–water partition coefficient (Wildman–Crippen LogP) is 2.04. The van der Waals surface area contributed by atoms with Gasteiger partial charge in [0.2, 0.25) is 5.88 Å². The topological polar surface area (TPSA) is 122 Å². The summed E-state index contributed by atoms with van der Waals surface area (Å²) < 4.78 is 0.526. The number of carbonyl (C=O) groups excluding carboxylic acids is 1. The number of rotatable bonds is 6. The molecule has 0 saturated heterocycles. The Hall–Kier alpha value is -3.94. The molecule has 0 spiro atoms. The van der Waals surface area contributed by atoms with Crippen molar-refractivity contribution in [2.24, 2.45) is 0 Å². The van der Waals surface area contributed by atoms with Gasteiger partial charge in [0, 0.05) is 5.56 Å². The molecule has 0 saturated carbocycles. The van der Waals surface area contributed by atoms with Crippen LogP contribution in [0.4, 0.5) is 4.79 Å². The van der Waals surface area contributed by atoms with E-state index in [-0.39, 0.29) is 17.8 Å². The molecule has 1 aromatic heterocycles. The Kier molecular flexibility index (Phi) is 6.03. The third-order valence-electron chi connectivity index (χ3n) is 4.25. The van der Waals surface area contributed by atoms with Crippen molar-refractivity contribution in [3.63, 3.8) is 0 Å². The summed E-state index contributed by atoms with van der Waals surface area (Å²) in [5.41, 5.74) is 0.881. The van der Waals surface area contributed by atoms with Crippen LogP contribution in [-0.2, 0) is 17.6 Å². The van der Waals surface area contributed by atoms with Gasteiger partial charge < -0.3 is 15.5 Å². The molecule has 0 bridgehead atoms. The van der Waals surface area contributed by atoms with Gasteiger partial charge in [0.15, 0.2) is 0 Å². The van der Waals surface area contributed by atoms with Crippen LogP contribution in [0.3, 0.4) is 0 Å². The van der Waals surface area contributed by atoms with Crippen molar-refractivity contribution >= 4 is 12.0 Å². The molecular weight excluding hydrogens is 374 g/mol. The lowest BCUT2D eigenvalue weighted by atomic mass is 10.1. The maximum absolute atomic E-state index is 12.8. The van der Waals surface area contributed by atoms with Crippen molar-refractivity contribution in [2.75, 3.05) is 6.54 Å². The molecule has 1 amide bonds. The summed E-state index contributed by atoms with van der Waals surface area (Å²) in [6.45, 7) is -0.687. The highest BCUT2D eigenvalue weighted by molar-refractivity contribution is 5.84. The van der Waals surface area contributed by atoms with E-state index in [0.717, 1.165) is 5.56 Å². The highest BCUT2D eigenvalue weighted by Gasteiger charge is 2.22. The molecule has 0 aliphatic carbocycles. The summed E-state index contributed by atoms with van der Waals surface area (Å²) in [4.78, 5) is 40.3. The molecule has 8 nitrogen and oxygen atoms in total. The molecule has 0 aliphatic rings. The summed E-state index contributed by atoms with van der Waals surface area (Å²) in [5, 5.41) is 21.4. The lowest BCUT2D eigenvalue weighted by Crippen LogP contribution is -2.40. The number of amides is 1. The summed E-state index contributed by atoms with van der Waals surface area (Å²) in [5.74, 6) is -1.92. The Bertz CT molecular complexity index is 1080. The number of aromatic nitrogens is 2. The number of carboxylic acid groups (broad SMARTS) is 1. The standard InChI is InChI=1S/C21H19N3O5/c25-17(26)13-22-21(29)24-19(27)16(12-11-14-7-3-1-4-8-14)23-18(20(24)28)15-9-5-2-6-10-15/h1-10,28H,11-13H2,(H,22,29)(H,25,26). The molecule has 2 aromatic carbocycles. The van der Waals surface area contributed by atoms with E-state index in [2.05, 4.69) is 10.3 Å². The Morgan fingerprint density at radius 3 is 2.21 bits per heavy atom. The SMILES string of the molecule is O=C(O)CNC(=O)n1c(O)c(-c2ccccc2)nc(CCc2ccccc2)c1=O. The number of carbonyl (C=O) groups is 2. The van der Waals surface area contributed by atoms with E-state index in [4.69, 9.17) is 5.11 Å². The van der Waals surface area contributed by atoms with Gasteiger partial charge in [-0.25, -0.2) is 9.78 Å². The van der Waals surface area contributed by atoms with Gasteiger partial charge in [-0.3, -0.25) is 9.59 Å². The molecule has 3 rings (SSSR count). The summed E-state index contributed by atoms with van der Waals surface area (Å²) >= 11 is 0. The first-order chi connectivity index (χ1) is 14.0. The van der Waals surface area contributed by atoms with E-state index < -0.39 is 30.0 Å². The maximum atomic E-state index is 12.8. The van der Waals surface area contributed by atoms with Gasteiger partial charge in [-0.15, -0.1) is 0 Å². The van der Waals surface area contributed by atoms with Gasteiger partial charge in [-0.2, -0.15) is 4.57 Å². The number of aliphatic carboxylic acids is 1. The van der Waals surface area contributed by atoms with Gasteiger partial charge in [0.25, 0.3) is 5.56 Å². The molecule has 3 aromatic rings. The van der Waals surface area contributed by atoms with Crippen LogP contribution >= 0.6 is 0 Å². The van der Waals surface area contributed by atoms with Crippen molar-refractivity contribution < 1.29 is 19.8 Å². The fraction of sp³-hybridized carbons (Fsp3) is 0.143. The van der Waals surface area contributed by atoms with Crippen molar-refractivity contribution in [1.82, 2.24) is 14.9 Å². The first-order valence-corrected chi connectivity index (χ1v) is 8.91. The van der Waals surface area contributed by atoms with Gasteiger partial charge >= 0.3 is 12.0 Å². The van der Waals surface area contributed by atoms with Crippen molar-refractivity contribution in [1.29, 1.82) is 0 Å². The van der Waals surface area contributed by atoms with Crippen LogP contribution in [0.2, 0.25) is 0 Å². The second-order valence-electron chi connectivity index (χ2n) is 6.28. The molecule has 0 atom stereocenters. The molecule has 0 aliphatic heterocycles. The van der Waals surface area contributed by atoms with Crippen LogP contribution in [0.15, 0.2) is 65.5 Å². The number of hydrogen-bond acceptors (Lipinski definition) is 5. The third kappa shape index (κ3) is 4.67. The Labute approximate surface area is 166 Å². The molecule has 0 unspecified atom stereocenters. The fourth-order valence-corrected chi connectivity index (χ4v) is 2.84. The molecule has 29 heavy (non-hydrogen) atoms. The number of benzene rings is 2. The highest BCUT2D eigenvalue weighted by Crippen LogP contribution is 2.26. The first kappa shape index (κ1) is 19.8. The van der Waals surface area contributed by atoms with Crippen LogP contribution in [0.25, 0.3) is 11.3 Å². The molecule has 148 valence electrons. The zero-order chi connectivity index (χ0) is 20.8. The number of aromatic hydroxyl groups is 1. The minimum absolute atomic E-state index is 0.0683. The van der Waals surface area contributed by atoms with Gasteiger partial charge in [0.1, 0.15) is 17.9 Å². The Morgan fingerprint density at radius 2 is 1.59 bits per heavy atom. The van der Waals surface area contributed by atoms with Crippen LogP contribution in [0.5, 0.6) is 5.88 Å². The van der Waals surface area contributed by atoms with E-state index in [9.17, 15) is 19.5 Å². The first-order valence-electron chi connectivity index (χ1n) is 8.91. The molecular formula is C21H19N3O5. The van der Waals surface area contributed by atoms with Gasteiger partial charge in [-0.1, -0.05) is 60.7 Å². The third-order valence-corrected chi connectivity index (χ3v) is 4.25. The second-order valence-corrected chi connectivity index (χ2v) is 6.28. The minimum atomic E-state index is -1.27. The van der Waals surface area contributed by atoms with Crippen LogP contribution in [0, 0.1) is 0 Å². The molecule has 3 N–H and O–H groups in total. The lowest BCUT2D eigenvalue weighted by Gasteiger charge is -2.13. The smallest absolute Gasteiger partial charge is 0.332 e. The zero-order valence-corrected chi connectivity index (χ0v) is 15.4. The maximum Gasteiger partial charge on any atom is 0.332 e. The van der Waals surface area contributed by atoms with E-state index in [1.807, 2.05) is 30.3 Å². The number of carboxylic acids is 1. The van der Waals surface area contributed by atoms with Crippen LogP contribution < -0.4 is 10.9 Å². The van der Waals surface area contributed by atoms with Gasteiger partial charge in [-0.05, 0) is 18.4 Å². The largest absolute Gasteiger partial charge is 0.492 e. The van der Waals surface area contributed by atoms with E-state index >= 15 is 0 Å². The number of hydrogen-bond donors (Lipinski definition) is 3. The second kappa shape index (κ2) is 8.83. The van der Waals surface area contributed by atoms with Gasteiger partial charge in [0.05, 0.1) is 0 Å². The Balaban J connectivity index is 2.05. The number of nitrogens with zero attached hydrogens (tertiary/aromatic N) is 2. The van der Waals surface area contributed by atoms with Crippen molar-refractivity contribution in [3.8, 4) is 17.1 Å². The van der Waals surface area contributed by atoms with E-state index in [1.54, 1.807) is 30.3 Å². The van der Waals surface area contributed by atoms with Crippen LogP contribution in [-0.4, -0.2) is 38.3 Å². The average molecular weight is 393 g/mol. The quantitative estimate of drug-likeness (QED) is 0.589. The number of aryl methyl sites for hydroxylation is 2. The molecule has 0 radical (unpaired) electrons. The van der Waals surface area contributed by atoms with E-state index in [1.165, 1.54) is 0 Å². The van der Waals surface area contributed by atoms with Crippen molar-refractivity contribution in [2.45, 2.75) is 12.8 Å². The minimum Gasteiger partial charge on any atom is -0.492 e. The normalized spacial score (nSPS) is 10.5. The highest BCUT2D eigenvalue weighted by atomic mass is 16.4. The monoisotopic (exact) mass is 393 g/mol. The molecule has 0 fully saturated rings. The zero-order valence-electron chi connectivity index (χ0n) is 15.4. The lowest BCUT2D eigenvalue weighted by molar-refractivity contribution is -0.135. The van der Waals surface area contributed by atoms with Crippen LogP contribution in [0.1, 0.15) is 11.3 Å². The van der Waals surface area contributed by atoms with E-state index in [0.29, 0.717) is 16.6 Å². The average Bonchev–Trinajstić information content (AvgIpc) is 2.73.